The molecular formula is C16H18N8O. The van der Waals surface area contributed by atoms with Gasteiger partial charge in [0.1, 0.15) is 0 Å². The lowest BCUT2D eigenvalue weighted by atomic mass is 10.2. The van der Waals surface area contributed by atoms with Crippen LogP contribution in [0.5, 0.6) is 0 Å². The molecule has 1 amide bonds. The van der Waals surface area contributed by atoms with Crippen LogP contribution in [0.25, 0.3) is 5.82 Å². The zero-order valence-electron chi connectivity index (χ0n) is 14.0. The second-order valence-electron chi connectivity index (χ2n) is 5.35. The average molecular weight is 338 g/mol. The Morgan fingerprint density at radius 1 is 1.20 bits per heavy atom. The first-order valence-electron chi connectivity index (χ1n) is 7.82. The van der Waals surface area contributed by atoms with E-state index in [4.69, 9.17) is 5.73 Å². The summed E-state index contributed by atoms with van der Waals surface area (Å²) in [5, 5.41) is 10.9. The van der Waals surface area contributed by atoms with Crippen molar-refractivity contribution in [2.24, 2.45) is 0 Å². The lowest BCUT2D eigenvalue weighted by Gasteiger charge is -2.11. The van der Waals surface area contributed by atoms with E-state index >= 15 is 0 Å². The molecule has 9 heteroatoms. The number of nitrogens with one attached hydrogen (secondary N) is 1. The van der Waals surface area contributed by atoms with Crippen molar-refractivity contribution in [1.82, 2.24) is 35.3 Å². The van der Waals surface area contributed by atoms with Crippen LogP contribution in [-0.4, -0.2) is 35.9 Å². The summed E-state index contributed by atoms with van der Waals surface area (Å²) >= 11 is 0. The maximum Gasteiger partial charge on any atom is 0.274 e. The zero-order valence-corrected chi connectivity index (χ0v) is 14.0. The number of pyridine rings is 1. The van der Waals surface area contributed by atoms with Crippen molar-refractivity contribution in [3.05, 3.63) is 53.4 Å². The first-order chi connectivity index (χ1) is 12.1. The number of nitrogens with zero attached hydrogens (tertiary/aromatic N) is 6. The Hall–Kier alpha value is -3.36. The highest BCUT2D eigenvalue weighted by atomic mass is 16.1. The molecule has 128 valence electrons. The van der Waals surface area contributed by atoms with Crippen LogP contribution in [0.1, 0.15) is 34.4 Å². The molecule has 0 aliphatic heterocycles. The molecule has 3 rings (SSSR count). The van der Waals surface area contributed by atoms with Gasteiger partial charge in [-0.05, 0) is 25.0 Å². The maximum atomic E-state index is 12.5. The Kier molecular flexibility index (Phi) is 4.64. The SMILES string of the molecule is CCc1nc(C(=O)NCc2ncccc2C)c(N)nc1-n1nccn1. The Bertz CT molecular complexity index is 891. The fourth-order valence-corrected chi connectivity index (χ4v) is 2.31. The molecule has 0 atom stereocenters. The summed E-state index contributed by atoms with van der Waals surface area (Å²) in [5.41, 5.74) is 8.39. The number of hydrogen-bond donors (Lipinski definition) is 2. The molecule has 0 saturated heterocycles. The van der Waals surface area contributed by atoms with Gasteiger partial charge in [-0.15, -0.1) is 4.80 Å². The van der Waals surface area contributed by atoms with E-state index in [9.17, 15) is 4.79 Å². The van der Waals surface area contributed by atoms with Crippen LogP contribution in [0.2, 0.25) is 0 Å². The number of aryl methyl sites for hydroxylation is 2. The zero-order chi connectivity index (χ0) is 17.8. The number of anilines is 1. The summed E-state index contributed by atoms with van der Waals surface area (Å²) in [6, 6.07) is 3.78. The summed E-state index contributed by atoms with van der Waals surface area (Å²) in [6.07, 6.45) is 5.31. The van der Waals surface area contributed by atoms with Crippen molar-refractivity contribution in [3.63, 3.8) is 0 Å². The van der Waals surface area contributed by atoms with Gasteiger partial charge in [-0.25, -0.2) is 9.97 Å². The molecule has 0 aliphatic rings. The van der Waals surface area contributed by atoms with Crippen LogP contribution in [-0.2, 0) is 13.0 Å². The van der Waals surface area contributed by atoms with Crippen LogP contribution in [0.15, 0.2) is 30.7 Å². The third-order valence-electron chi connectivity index (χ3n) is 3.67. The number of amides is 1. The van der Waals surface area contributed by atoms with Crippen molar-refractivity contribution < 1.29 is 4.79 Å². The van der Waals surface area contributed by atoms with Gasteiger partial charge in [0.2, 0.25) is 0 Å². The predicted molar refractivity (Wildman–Crippen MR) is 90.9 cm³/mol. The summed E-state index contributed by atoms with van der Waals surface area (Å²) in [7, 11) is 0. The summed E-state index contributed by atoms with van der Waals surface area (Å²) < 4.78 is 0. The standard InChI is InChI=1S/C16H18N8O/c1-3-11-15(24-20-7-8-21-24)23-14(17)13(22-11)16(25)19-9-12-10(2)5-4-6-18-12/h4-8H,3,9H2,1-2H3,(H2,17,23)(H,19,25). The predicted octanol–water partition coefficient (Wildman–Crippen LogP) is 0.835. The van der Waals surface area contributed by atoms with Crippen LogP contribution < -0.4 is 11.1 Å². The maximum absolute atomic E-state index is 12.5. The average Bonchev–Trinajstić information content (AvgIpc) is 3.15. The van der Waals surface area contributed by atoms with E-state index in [1.807, 2.05) is 26.0 Å². The van der Waals surface area contributed by atoms with Crippen LogP contribution in [0, 0.1) is 6.92 Å². The van der Waals surface area contributed by atoms with Crippen molar-refractivity contribution in [3.8, 4) is 5.82 Å². The molecule has 3 aromatic heterocycles. The van der Waals surface area contributed by atoms with Gasteiger partial charge < -0.3 is 11.1 Å². The highest BCUT2D eigenvalue weighted by Gasteiger charge is 2.18. The minimum absolute atomic E-state index is 0.0275. The summed E-state index contributed by atoms with van der Waals surface area (Å²) in [4.78, 5) is 26.7. The lowest BCUT2D eigenvalue weighted by Crippen LogP contribution is -2.27. The Balaban J connectivity index is 1.84. The van der Waals surface area contributed by atoms with Gasteiger partial charge in [0.25, 0.3) is 5.91 Å². The second-order valence-corrected chi connectivity index (χ2v) is 5.35. The Morgan fingerprint density at radius 3 is 2.64 bits per heavy atom. The first-order valence-corrected chi connectivity index (χ1v) is 7.82. The molecule has 9 nitrogen and oxygen atoms in total. The summed E-state index contributed by atoms with van der Waals surface area (Å²) in [5.74, 6) is 0.0478. The van der Waals surface area contributed by atoms with Crippen LogP contribution in [0.3, 0.4) is 0 Å². The van der Waals surface area contributed by atoms with Crippen LogP contribution in [0.4, 0.5) is 5.82 Å². The molecule has 3 heterocycles. The van der Waals surface area contributed by atoms with Crippen molar-refractivity contribution in [2.75, 3.05) is 5.73 Å². The van der Waals surface area contributed by atoms with Gasteiger partial charge in [0.15, 0.2) is 17.3 Å². The minimum atomic E-state index is -0.398. The van der Waals surface area contributed by atoms with Gasteiger partial charge in [-0.3, -0.25) is 9.78 Å². The largest absolute Gasteiger partial charge is 0.382 e. The quantitative estimate of drug-likeness (QED) is 0.706. The number of nitrogens with two attached hydrogens (primary N) is 1. The molecule has 0 radical (unpaired) electrons. The highest BCUT2D eigenvalue weighted by molar-refractivity contribution is 5.96. The van der Waals surface area contributed by atoms with E-state index < -0.39 is 5.91 Å². The Morgan fingerprint density at radius 2 is 1.96 bits per heavy atom. The smallest absolute Gasteiger partial charge is 0.274 e. The molecular weight excluding hydrogens is 320 g/mol. The van der Waals surface area contributed by atoms with E-state index in [1.54, 1.807) is 6.20 Å². The van der Waals surface area contributed by atoms with E-state index in [-0.39, 0.29) is 18.1 Å². The van der Waals surface area contributed by atoms with E-state index in [1.165, 1.54) is 17.2 Å². The van der Waals surface area contributed by atoms with Crippen molar-refractivity contribution in [2.45, 2.75) is 26.8 Å². The first kappa shape index (κ1) is 16.5. The van der Waals surface area contributed by atoms with Gasteiger partial charge >= 0.3 is 0 Å². The normalized spacial score (nSPS) is 10.6. The number of hydrogen-bond acceptors (Lipinski definition) is 7. The second kappa shape index (κ2) is 7.04. The van der Waals surface area contributed by atoms with Gasteiger partial charge in [0.05, 0.1) is 30.3 Å². The monoisotopic (exact) mass is 338 g/mol. The Labute approximate surface area is 144 Å². The molecule has 0 aliphatic carbocycles. The lowest BCUT2D eigenvalue weighted by molar-refractivity contribution is 0.0946. The molecule has 25 heavy (non-hydrogen) atoms. The molecule has 0 fully saturated rings. The van der Waals surface area contributed by atoms with Crippen molar-refractivity contribution >= 4 is 11.7 Å². The number of nitrogen functional groups attached to an aromatic ring is 1. The van der Waals surface area contributed by atoms with E-state index in [2.05, 4.69) is 30.5 Å². The van der Waals surface area contributed by atoms with Gasteiger partial charge in [0, 0.05) is 6.20 Å². The molecule has 0 saturated carbocycles. The van der Waals surface area contributed by atoms with E-state index in [0.717, 1.165) is 11.3 Å². The number of carbonyl (C=O) groups excluding carboxylic acids is 1. The molecule has 0 spiro atoms. The fourth-order valence-electron chi connectivity index (χ4n) is 2.31. The number of rotatable bonds is 5. The van der Waals surface area contributed by atoms with Crippen LogP contribution >= 0.6 is 0 Å². The summed E-state index contributed by atoms with van der Waals surface area (Å²) in [6.45, 7) is 4.13. The topological polar surface area (TPSA) is 124 Å². The molecule has 0 unspecified atom stereocenters. The molecule has 0 bridgehead atoms. The minimum Gasteiger partial charge on any atom is -0.382 e. The number of aromatic nitrogens is 6. The molecule has 3 N–H and O–H groups in total. The van der Waals surface area contributed by atoms with E-state index in [0.29, 0.717) is 17.9 Å². The third kappa shape index (κ3) is 3.44. The fraction of sp³-hybridized carbons (Fsp3) is 0.250. The van der Waals surface area contributed by atoms with Crippen molar-refractivity contribution in [1.29, 1.82) is 0 Å². The van der Waals surface area contributed by atoms with Gasteiger partial charge in [-0.2, -0.15) is 10.2 Å². The number of carbonyl (C=O) groups is 1. The highest BCUT2D eigenvalue weighted by Crippen LogP contribution is 2.15. The third-order valence-corrected chi connectivity index (χ3v) is 3.67. The van der Waals surface area contributed by atoms with Gasteiger partial charge in [-0.1, -0.05) is 13.0 Å². The molecule has 0 aromatic carbocycles. The molecule has 3 aromatic rings.